The monoisotopic (exact) mass is 350 g/mol. The Morgan fingerprint density at radius 2 is 1.65 bits per heavy atom. The van der Waals surface area contributed by atoms with Crippen LogP contribution in [0.2, 0.25) is 0 Å². The number of aryl methyl sites for hydroxylation is 1. The minimum atomic E-state index is -3.61. The third-order valence-corrected chi connectivity index (χ3v) is 6.44. The summed E-state index contributed by atoms with van der Waals surface area (Å²) in [6.07, 6.45) is 0. The van der Waals surface area contributed by atoms with Crippen LogP contribution in [0.3, 0.4) is 0 Å². The fourth-order valence-corrected chi connectivity index (χ4v) is 4.71. The standard InChI is InChI=1S/C15H14N2O4S2/c1-10-6-7-13(22-10)23(20,21)16-8-9-17-14(18)11-4-2-3-5-12(11)15(17)19/h2-7,16H,8-9H2,1H3. The Bertz CT molecular complexity index is 851. The Morgan fingerprint density at radius 1 is 1.04 bits per heavy atom. The topological polar surface area (TPSA) is 83.6 Å². The van der Waals surface area contributed by atoms with E-state index < -0.39 is 21.8 Å². The van der Waals surface area contributed by atoms with Crippen molar-refractivity contribution in [1.82, 2.24) is 9.62 Å². The van der Waals surface area contributed by atoms with Gasteiger partial charge in [0.25, 0.3) is 11.8 Å². The second-order valence-corrected chi connectivity index (χ2v) is 8.35. The molecule has 0 saturated carbocycles. The van der Waals surface area contributed by atoms with Gasteiger partial charge in [0, 0.05) is 18.0 Å². The molecule has 2 aromatic rings. The van der Waals surface area contributed by atoms with Crippen LogP contribution < -0.4 is 4.72 Å². The Kier molecular flexibility index (Phi) is 4.05. The van der Waals surface area contributed by atoms with Crippen molar-refractivity contribution in [3.8, 4) is 0 Å². The first-order chi connectivity index (χ1) is 10.9. The van der Waals surface area contributed by atoms with Gasteiger partial charge in [-0.05, 0) is 31.2 Å². The van der Waals surface area contributed by atoms with E-state index in [9.17, 15) is 18.0 Å². The number of rotatable bonds is 5. The second-order valence-electron chi connectivity index (χ2n) is 5.07. The predicted molar refractivity (Wildman–Crippen MR) is 86.1 cm³/mol. The molecule has 0 bridgehead atoms. The zero-order valence-corrected chi connectivity index (χ0v) is 13.9. The first kappa shape index (κ1) is 15.9. The number of amides is 2. The first-order valence-corrected chi connectivity index (χ1v) is 9.21. The third-order valence-electron chi connectivity index (χ3n) is 3.49. The lowest BCUT2D eigenvalue weighted by atomic mass is 10.1. The highest BCUT2D eigenvalue weighted by Crippen LogP contribution is 2.22. The average Bonchev–Trinajstić information content (AvgIpc) is 3.06. The molecule has 6 nitrogen and oxygen atoms in total. The van der Waals surface area contributed by atoms with Crippen molar-refractivity contribution < 1.29 is 18.0 Å². The van der Waals surface area contributed by atoms with Gasteiger partial charge in [0.05, 0.1) is 11.1 Å². The van der Waals surface area contributed by atoms with Gasteiger partial charge in [0.1, 0.15) is 4.21 Å². The zero-order chi connectivity index (χ0) is 16.6. The summed E-state index contributed by atoms with van der Waals surface area (Å²) in [7, 11) is -3.61. The molecular weight excluding hydrogens is 336 g/mol. The number of nitrogens with zero attached hydrogens (tertiary/aromatic N) is 1. The molecule has 1 N–H and O–H groups in total. The van der Waals surface area contributed by atoms with Crippen molar-refractivity contribution in [3.05, 3.63) is 52.4 Å². The van der Waals surface area contributed by atoms with Crippen LogP contribution in [0.1, 0.15) is 25.6 Å². The first-order valence-electron chi connectivity index (χ1n) is 6.91. The molecule has 0 atom stereocenters. The average molecular weight is 350 g/mol. The van der Waals surface area contributed by atoms with E-state index in [2.05, 4.69) is 4.72 Å². The molecular formula is C15H14N2O4S2. The Labute approximate surface area is 137 Å². The van der Waals surface area contributed by atoms with Crippen LogP contribution in [-0.4, -0.2) is 38.2 Å². The number of nitrogens with one attached hydrogen (secondary N) is 1. The van der Waals surface area contributed by atoms with Crippen LogP contribution in [0, 0.1) is 6.92 Å². The third kappa shape index (κ3) is 2.92. The molecule has 0 radical (unpaired) electrons. The number of imide groups is 1. The number of carbonyl (C=O) groups excluding carboxylic acids is 2. The van der Waals surface area contributed by atoms with Crippen LogP contribution in [0.5, 0.6) is 0 Å². The molecule has 120 valence electrons. The number of hydrogen-bond donors (Lipinski definition) is 1. The molecule has 2 amide bonds. The van der Waals surface area contributed by atoms with E-state index in [0.29, 0.717) is 11.1 Å². The van der Waals surface area contributed by atoms with Crippen molar-refractivity contribution in [2.24, 2.45) is 0 Å². The highest BCUT2D eigenvalue weighted by Gasteiger charge is 2.34. The number of hydrogen-bond acceptors (Lipinski definition) is 5. The van der Waals surface area contributed by atoms with Crippen LogP contribution in [0.25, 0.3) is 0 Å². The highest BCUT2D eigenvalue weighted by molar-refractivity contribution is 7.91. The van der Waals surface area contributed by atoms with Gasteiger partial charge in [-0.25, -0.2) is 13.1 Å². The fourth-order valence-electron chi connectivity index (χ4n) is 2.36. The van der Waals surface area contributed by atoms with E-state index in [4.69, 9.17) is 0 Å². The molecule has 0 spiro atoms. The summed E-state index contributed by atoms with van der Waals surface area (Å²) < 4.78 is 26.9. The van der Waals surface area contributed by atoms with Crippen LogP contribution >= 0.6 is 11.3 Å². The fraction of sp³-hybridized carbons (Fsp3) is 0.200. The second kappa shape index (κ2) is 5.88. The Morgan fingerprint density at radius 3 is 2.17 bits per heavy atom. The molecule has 2 heterocycles. The molecule has 1 aliphatic heterocycles. The van der Waals surface area contributed by atoms with Crippen molar-refractivity contribution in [3.63, 3.8) is 0 Å². The number of carbonyl (C=O) groups is 2. The van der Waals surface area contributed by atoms with Crippen LogP contribution in [0.15, 0.2) is 40.6 Å². The van der Waals surface area contributed by atoms with Gasteiger partial charge >= 0.3 is 0 Å². The normalized spacial score (nSPS) is 14.4. The summed E-state index contributed by atoms with van der Waals surface area (Å²) in [4.78, 5) is 26.3. The summed E-state index contributed by atoms with van der Waals surface area (Å²) in [5.74, 6) is -0.784. The SMILES string of the molecule is Cc1ccc(S(=O)(=O)NCCN2C(=O)c3ccccc3C2=O)s1. The summed E-state index contributed by atoms with van der Waals surface area (Å²) in [5, 5.41) is 0. The summed E-state index contributed by atoms with van der Waals surface area (Å²) in [6, 6.07) is 9.82. The lowest BCUT2D eigenvalue weighted by molar-refractivity contribution is 0.0657. The minimum Gasteiger partial charge on any atom is -0.273 e. The molecule has 0 fully saturated rings. The van der Waals surface area contributed by atoms with Crippen molar-refractivity contribution in [2.45, 2.75) is 11.1 Å². The lowest BCUT2D eigenvalue weighted by Gasteiger charge is -2.14. The molecule has 0 aliphatic carbocycles. The smallest absolute Gasteiger partial charge is 0.261 e. The summed E-state index contributed by atoms with van der Waals surface area (Å²) in [6.45, 7) is 1.79. The number of thiophene rings is 1. The van der Waals surface area contributed by atoms with Crippen molar-refractivity contribution in [1.29, 1.82) is 0 Å². The summed E-state index contributed by atoms with van der Waals surface area (Å²) in [5.41, 5.74) is 0.712. The van der Waals surface area contributed by atoms with E-state index in [0.717, 1.165) is 9.78 Å². The van der Waals surface area contributed by atoms with Gasteiger partial charge in [-0.3, -0.25) is 14.5 Å². The maximum atomic E-state index is 12.2. The van der Waals surface area contributed by atoms with Crippen LogP contribution in [-0.2, 0) is 10.0 Å². The summed E-state index contributed by atoms with van der Waals surface area (Å²) >= 11 is 1.17. The van der Waals surface area contributed by atoms with Gasteiger partial charge in [-0.1, -0.05) is 12.1 Å². The van der Waals surface area contributed by atoms with E-state index in [1.54, 1.807) is 30.3 Å². The number of sulfonamides is 1. The number of benzene rings is 1. The van der Waals surface area contributed by atoms with Gasteiger partial charge in [-0.15, -0.1) is 11.3 Å². The van der Waals surface area contributed by atoms with Gasteiger partial charge in [-0.2, -0.15) is 0 Å². The van der Waals surface area contributed by atoms with E-state index >= 15 is 0 Å². The molecule has 3 rings (SSSR count). The van der Waals surface area contributed by atoms with Crippen molar-refractivity contribution in [2.75, 3.05) is 13.1 Å². The molecule has 1 aromatic heterocycles. The maximum absolute atomic E-state index is 12.2. The van der Waals surface area contributed by atoms with Gasteiger partial charge in [0.2, 0.25) is 10.0 Å². The van der Waals surface area contributed by atoms with E-state index in [1.165, 1.54) is 17.4 Å². The molecule has 8 heteroatoms. The lowest BCUT2D eigenvalue weighted by Crippen LogP contribution is -2.37. The van der Waals surface area contributed by atoms with Gasteiger partial charge < -0.3 is 0 Å². The van der Waals surface area contributed by atoms with E-state index in [-0.39, 0.29) is 17.3 Å². The molecule has 1 aromatic carbocycles. The molecule has 23 heavy (non-hydrogen) atoms. The predicted octanol–water partition coefficient (Wildman–Crippen LogP) is 1.63. The highest BCUT2D eigenvalue weighted by atomic mass is 32.2. The minimum absolute atomic E-state index is 0.00403. The van der Waals surface area contributed by atoms with E-state index in [1.807, 2.05) is 6.92 Å². The van der Waals surface area contributed by atoms with Gasteiger partial charge in [0.15, 0.2) is 0 Å². The Balaban J connectivity index is 1.66. The molecule has 0 unspecified atom stereocenters. The van der Waals surface area contributed by atoms with Crippen LogP contribution in [0.4, 0.5) is 0 Å². The zero-order valence-electron chi connectivity index (χ0n) is 12.3. The Hall–Kier alpha value is -2.03. The quantitative estimate of drug-likeness (QED) is 0.831. The van der Waals surface area contributed by atoms with Crippen molar-refractivity contribution >= 4 is 33.2 Å². The molecule has 1 aliphatic rings. The molecule has 0 saturated heterocycles. The largest absolute Gasteiger partial charge is 0.273 e. The maximum Gasteiger partial charge on any atom is 0.261 e. The number of fused-ring (bicyclic) bond motifs is 1.